The molecule has 1 aliphatic rings. The zero-order valence-electron chi connectivity index (χ0n) is 12.8. The van der Waals surface area contributed by atoms with Crippen molar-refractivity contribution < 1.29 is 9.59 Å². The van der Waals surface area contributed by atoms with Gasteiger partial charge in [-0.05, 0) is 6.92 Å². The van der Waals surface area contributed by atoms with Crippen molar-refractivity contribution in [3.05, 3.63) is 17.7 Å². The first kappa shape index (κ1) is 14.6. The number of carbonyl (C=O) groups is 2. The molecular formula is C14H22N4O2. The van der Waals surface area contributed by atoms with Gasteiger partial charge in [-0.15, -0.1) is 0 Å². The molecule has 0 saturated carbocycles. The van der Waals surface area contributed by atoms with E-state index in [2.05, 4.69) is 4.98 Å². The van der Waals surface area contributed by atoms with E-state index in [1.54, 1.807) is 20.3 Å². The molecule has 2 rings (SSSR count). The first-order valence-electron chi connectivity index (χ1n) is 6.92. The molecule has 6 nitrogen and oxygen atoms in total. The zero-order chi connectivity index (χ0) is 15.0. The van der Waals surface area contributed by atoms with Gasteiger partial charge in [0.25, 0.3) is 5.91 Å². The van der Waals surface area contributed by atoms with Crippen LogP contribution in [0.3, 0.4) is 0 Å². The second kappa shape index (κ2) is 5.26. The van der Waals surface area contributed by atoms with Crippen LogP contribution >= 0.6 is 0 Å². The van der Waals surface area contributed by atoms with E-state index < -0.39 is 0 Å². The highest BCUT2D eigenvalue weighted by molar-refractivity contribution is 5.91. The highest BCUT2D eigenvalue weighted by Crippen LogP contribution is 2.26. The molecule has 0 radical (unpaired) electrons. The molecule has 0 spiro atoms. The van der Waals surface area contributed by atoms with E-state index in [0.717, 1.165) is 5.82 Å². The number of aromatic nitrogens is 2. The van der Waals surface area contributed by atoms with E-state index >= 15 is 0 Å². The van der Waals surface area contributed by atoms with E-state index in [1.807, 2.05) is 30.2 Å². The Kier molecular flexibility index (Phi) is 3.83. The first-order valence-corrected chi connectivity index (χ1v) is 6.92. The molecule has 1 aromatic rings. The van der Waals surface area contributed by atoms with Crippen molar-refractivity contribution in [1.29, 1.82) is 0 Å². The maximum atomic E-state index is 12.2. The molecule has 0 aliphatic carbocycles. The van der Waals surface area contributed by atoms with Crippen LogP contribution in [0.5, 0.6) is 0 Å². The number of nitrogens with zero attached hydrogens (tertiary/aromatic N) is 4. The molecule has 0 bridgehead atoms. The summed E-state index contributed by atoms with van der Waals surface area (Å²) in [5, 5.41) is 0. The lowest BCUT2D eigenvalue weighted by Crippen LogP contribution is -2.42. The topological polar surface area (TPSA) is 58.4 Å². The SMILES string of the molecule is CC(C)C(=O)N1CCn2cc(C(=O)N(C)C)nc2C1C. The molecule has 0 N–H and O–H groups in total. The van der Waals surface area contributed by atoms with Crippen molar-refractivity contribution in [2.24, 2.45) is 5.92 Å². The Morgan fingerprint density at radius 3 is 2.55 bits per heavy atom. The minimum atomic E-state index is -0.110. The number of hydrogen-bond acceptors (Lipinski definition) is 3. The van der Waals surface area contributed by atoms with Gasteiger partial charge in [0, 0.05) is 39.3 Å². The summed E-state index contributed by atoms with van der Waals surface area (Å²) in [6.07, 6.45) is 1.78. The number of fused-ring (bicyclic) bond motifs is 1. The highest BCUT2D eigenvalue weighted by Gasteiger charge is 2.31. The van der Waals surface area contributed by atoms with Crippen LogP contribution in [0.4, 0.5) is 0 Å². The Labute approximate surface area is 119 Å². The van der Waals surface area contributed by atoms with Crippen molar-refractivity contribution in [3.8, 4) is 0 Å². The van der Waals surface area contributed by atoms with Crippen molar-refractivity contribution in [2.45, 2.75) is 33.4 Å². The minimum Gasteiger partial charge on any atom is -0.343 e. The van der Waals surface area contributed by atoms with Gasteiger partial charge in [0.05, 0.1) is 6.04 Å². The van der Waals surface area contributed by atoms with Crippen molar-refractivity contribution in [3.63, 3.8) is 0 Å². The summed E-state index contributed by atoms with van der Waals surface area (Å²) >= 11 is 0. The molecule has 0 aromatic carbocycles. The van der Waals surface area contributed by atoms with Gasteiger partial charge in [-0.25, -0.2) is 4.98 Å². The lowest BCUT2D eigenvalue weighted by molar-refractivity contribution is -0.137. The monoisotopic (exact) mass is 278 g/mol. The first-order chi connectivity index (χ1) is 9.32. The fourth-order valence-corrected chi connectivity index (χ4v) is 2.46. The maximum absolute atomic E-state index is 12.2. The minimum absolute atomic E-state index is 0.0261. The second-order valence-corrected chi connectivity index (χ2v) is 5.74. The molecule has 1 unspecified atom stereocenters. The number of rotatable bonds is 2. The number of amides is 2. The number of imidazole rings is 1. The molecular weight excluding hydrogens is 256 g/mol. The van der Waals surface area contributed by atoms with Gasteiger partial charge in [-0.2, -0.15) is 0 Å². The Hall–Kier alpha value is -1.85. The van der Waals surface area contributed by atoms with Crippen LogP contribution in [0.25, 0.3) is 0 Å². The van der Waals surface area contributed by atoms with Gasteiger partial charge in [-0.1, -0.05) is 13.8 Å². The van der Waals surface area contributed by atoms with Crippen molar-refractivity contribution in [2.75, 3.05) is 20.6 Å². The van der Waals surface area contributed by atoms with Crippen LogP contribution in [0.2, 0.25) is 0 Å². The van der Waals surface area contributed by atoms with Gasteiger partial charge < -0.3 is 14.4 Å². The molecule has 1 atom stereocenters. The molecule has 0 fully saturated rings. The second-order valence-electron chi connectivity index (χ2n) is 5.74. The van der Waals surface area contributed by atoms with E-state index in [0.29, 0.717) is 18.8 Å². The van der Waals surface area contributed by atoms with E-state index in [1.165, 1.54) is 4.90 Å². The van der Waals surface area contributed by atoms with Crippen LogP contribution in [-0.2, 0) is 11.3 Å². The van der Waals surface area contributed by atoms with Crippen LogP contribution in [-0.4, -0.2) is 51.8 Å². The largest absolute Gasteiger partial charge is 0.343 e. The Morgan fingerprint density at radius 2 is 2.00 bits per heavy atom. The fourth-order valence-electron chi connectivity index (χ4n) is 2.46. The summed E-state index contributed by atoms with van der Waals surface area (Å²) in [6, 6.07) is -0.0950. The predicted octanol–water partition coefficient (Wildman–Crippen LogP) is 1.14. The summed E-state index contributed by atoms with van der Waals surface area (Å²) in [5.41, 5.74) is 0.440. The van der Waals surface area contributed by atoms with Crippen LogP contribution in [0.1, 0.15) is 43.1 Å². The lowest BCUT2D eigenvalue weighted by atomic mass is 10.1. The zero-order valence-corrected chi connectivity index (χ0v) is 12.8. The smallest absolute Gasteiger partial charge is 0.273 e. The molecule has 20 heavy (non-hydrogen) atoms. The summed E-state index contributed by atoms with van der Waals surface area (Å²) in [7, 11) is 3.41. The predicted molar refractivity (Wildman–Crippen MR) is 75.2 cm³/mol. The van der Waals surface area contributed by atoms with E-state index in [-0.39, 0.29) is 23.8 Å². The van der Waals surface area contributed by atoms with Crippen molar-refractivity contribution >= 4 is 11.8 Å². The molecule has 110 valence electrons. The Bertz CT molecular complexity index is 533. The Morgan fingerprint density at radius 1 is 1.35 bits per heavy atom. The molecule has 2 heterocycles. The number of hydrogen-bond donors (Lipinski definition) is 0. The average Bonchev–Trinajstić information content (AvgIpc) is 2.82. The third kappa shape index (κ3) is 2.42. The summed E-state index contributed by atoms with van der Waals surface area (Å²) in [4.78, 5) is 31.9. The van der Waals surface area contributed by atoms with Crippen molar-refractivity contribution in [1.82, 2.24) is 19.4 Å². The third-order valence-corrected chi connectivity index (χ3v) is 3.63. The quantitative estimate of drug-likeness (QED) is 0.815. The molecule has 1 aromatic heterocycles. The van der Waals surface area contributed by atoms with Gasteiger partial charge in [0.15, 0.2) is 0 Å². The third-order valence-electron chi connectivity index (χ3n) is 3.63. The standard InChI is InChI=1S/C14H22N4O2/c1-9(2)13(19)18-7-6-17-8-11(14(20)16(4)5)15-12(17)10(18)3/h8-10H,6-7H2,1-5H3. The molecule has 2 amide bonds. The van der Waals surface area contributed by atoms with Gasteiger partial charge in [0.2, 0.25) is 5.91 Å². The van der Waals surface area contributed by atoms with Gasteiger partial charge in [0.1, 0.15) is 11.5 Å². The average molecular weight is 278 g/mol. The maximum Gasteiger partial charge on any atom is 0.273 e. The van der Waals surface area contributed by atoms with E-state index in [9.17, 15) is 9.59 Å². The number of carbonyl (C=O) groups excluding carboxylic acids is 2. The summed E-state index contributed by atoms with van der Waals surface area (Å²) < 4.78 is 1.98. The molecule has 0 saturated heterocycles. The van der Waals surface area contributed by atoms with Crippen LogP contribution < -0.4 is 0 Å². The summed E-state index contributed by atoms with van der Waals surface area (Å²) in [6.45, 7) is 7.11. The van der Waals surface area contributed by atoms with Crippen LogP contribution in [0, 0.1) is 5.92 Å². The lowest BCUT2D eigenvalue weighted by Gasteiger charge is -2.34. The molecule has 1 aliphatic heterocycles. The normalized spacial score (nSPS) is 18.1. The summed E-state index contributed by atoms with van der Waals surface area (Å²) in [5.74, 6) is 0.783. The Balaban J connectivity index is 2.29. The fraction of sp³-hybridized carbons (Fsp3) is 0.643. The van der Waals surface area contributed by atoms with Gasteiger partial charge in [-0.3, -0.25) is 9.59 Å². The molecule has 6 heteroatoms. The van der Waals surface area contributed by atoms with Gasteiger partial charge >= 0.3 is 0 Å². The van der Waals surface area contributed by atoms with E-state index in [4.69, 9.17) is 0 Å². The van der Waals surface area contributed by atoms with Crippen LogP contribution in [0.15, 0.2) is 6.20 Å². The highest BCUT2D eigenvalue weighted by atomic mass is 16.2.